The Bertz CT molecular complexity index is 821. The number of ether oxygens (including phenoxy) is 1. The first-order chi connectivity index (χ1) is 12.9. The predicted octanol–water partition coefficient (Wildman–Crippen LogP) is 2.65. The van der Waals surface area contributed by atoms with Gasteiger partial charge in [-0.05, 0) is 48.9 Å². The summed E-state index contributed by atoms with van der Waals surface area (Å²) in [5.41, 5.74) is 2.61. The molecule has 1 fully saturated rings. The Morgan fingerprint density at radius 2 is 1.93 bits per heavy atom. The highest BCUT2D eigenvalue weighted by molar-refractivity contribution is 6.31. The van der Waals surface area contributed by atoms with E-state index in [1.165, 1.54) is 4.90 Å². The van der Waals surface area contributed by atoms with E-state index in [1.54, 1.807) is 18.2 Å². The molecule has 0 saturated carbocycles. The molecular weight excluding hydrogens is 385 g/mol. The number of carbonyl (C=O) groups is 1. The van der Waals surface area contributed by atoms with Crippen LogP contribution in [0.3, 0.4) is 0 Å². The maximum atomic E-state index is 12.4. The molecule has 2 aromatic carbocycles. The van der Waals surface area contributed by atoms with E-state index < -0.39 is 0 Å². The standard InChI is InChI=1S/C20H23Cl2N3O2/c1-14-11-16(4-5-17(14)22)27-13-20(26)23-18-12-15(21)3-6-19(18)25-9-7-24(2)8-10-25/h3-6,11-12H,7-10,13H2,1-2H3,(H,23,26)/p+1. The van der Waals surface area contributed by atoms with Crippen LogP contribution < -0.4 is 19.9 Å². The molecule has 0 radical (unpaired) electrons. The largest absolute Gasteiger partial charge is 0.484 e. The second-order valence-electron chi connectivity index (χ2n) is 6.85. The van der Waals surface area contributed by atoms with E-state index in [9.17, 15) is 4.79 Å². The van der Waals surface area contributed by atoms with Crippen molar-refractivity contribution in [2.75, 3.05) is 50.1 Å². The highest BCUT2D eigenvalue weighted by Gasteiger charge is 2.20. The lowest BCUT2D eigenvalue weighted by Crippen LogP contribution is -3.12. The minimum Gasteiger partial charge on any atom is -0.484 e. The SMILES string of the molecule is Cc1cc(OCC(=O)Nc2cc(Cl)ccc2N2CC[NH+](C)CC2)ccc1Cl. The second kappa shape index (κ2) is 8.83. The highest BCUT2D eigenvalue weighted by atomic mass is 35.5. The summed E-state index contributed by atoms with van der Waals surface area (Å²) in [6.07, 6.45) is 0. The number of likely N-dealkylation sites (N-methyl/N-ethyl adjacent to an activating group) is 1. The fraction of sp³-hybridized carbons (Fsp3) is 0.350. The Labute approximate surface area is 169 Å². The van der Waals surface area contributed by atoms with Crippen molar-refractivity contribution in [1.29, 1.82) is 0 Å². The summed E-state index contributed by atoms with van der Waals surface area (Å²) in [5.74, 6) is 0.381. The first-order valence-electron chi connectivity index (χ1n) is 8.97. The van der Waals surface area contributed by atoms with Crippen LogP contribution in [0.2, 0.25) is 10.0 Å². The third-order valence-corrected chi connectivity index (χ3v) is 5.35. The molecule has 1 heterocycles. The van der Waals surface area contributed by atoms with Crippen LogP contribution >= 0.6 is 23.2 Å². The molecule has 1 aliphatic heterocycles. The molecule has 1 aliphatic rings. The number of anilines is 2. The van der Waals surface area contributed by atoms with Crippen molar-refractivity contribution in [2.45, 2.75) is 6.92 Å². The molecule has 0 spiro atoms. The Morgan fingerprint density at radius 3 is 2.63 bits per heavy atom. The van der Waals surface area contributed by atoms with Gasteiger partial charge in [0.25, 0.3) is 5.91 Å². The maximum absolute atomic E-state index is 12.4. The van der Waals surface area contributed by atoms with E-state index in [2.05, 4.69) is 17.3 Å². The molecule has 1 amide bonds. The number of amides is 1. The molecule has 7 heteroatoms. The van der Waals surface area contributed by atoms with Gasteiger partial charge in [0.15, 0.2) is 6.61 Å². The van der Waals surface area contributed by atoms with Crippen molar-refractivity contribution in [3.8, 4) is 5.75 Å². The van der Waals surface area contributed by atoms with Crippen molar-refractivity contribution >= 4 is 40.5 Å². The number of halogens is 2. The minimum absolute atomic E-state index is 0.0834. The zero-order chi connectivity index (χ0) is 19.4. The van der Waals surface area contributed by atoms with Gasteiger partial charge in [-0.2, -0.15) is 0 Å². The van der Waals surface area contributed by atoms with Crippen LogP contribution in [0.5, 0.6) is 5.75 Å². The molecule has 0 atom stereocenters. The summed E-state index contributed by atoms with van der Waals surface area (Å²) in [6.45, 7) is 5.82. The Hall–Kier alpha value is -1.95. The second-order valence-corrected chi connectivity index (χ2v) is 7.70. The first kappa shape index (κ1) is 19.8. The summed E-state index contributed by atoms with van der Waals surface area (Å²) in [5, 5.41) is 4.19. The van der Waals surface area contributed by atoms with Crippen LogP contribution in [0, 0.1) is 6.92 Å². The molecule has 2 N–H and O–H groups in total. The molecule has 27 heavy (non-hydrogen) atoms. The molecule has 0 unspecified atom stereocenters. The quantitative estimate of drug-likeness (QED) is 0.799. The fourth-order valence-corrected chi connectivity index (χ4v) is 3.35. The van der Waals surface area contributed by atoms with Gasteiger partial charge in [0.1, 0.15) is 5.75 Å². The smallest absolute Gasteiger partial charge is 0.262 e. The lowest BCUT2D eigenvalue weighted by molar-refractivity contribution is -0.880. The first-order valence-corrected chi connectivity index (χ1v) is 9.72. The summed E-state index contributed by atoms with van der Waals surface area (Å²) in [4.78, 5) is 16.2. The van der Waals surface area contributed by atoms with Gasteiger partial charge in [0.2, 0.25) is 0 Å². The van der Waals surface area contributed by atoms with Gasteiger partial charge < -0.3 is 19.9 Å². The van der Waals surface area contributed by atoms with E-state index in [-0.39, 0.29) is 12.5 Å². The number of nitrogens with one attached hydrogen (secondary N) is 2. The normalized spacial score (nSPS) is 14.9. The zero-order valence-electron chi connectivity index (χ0n) is 15.5. The minimum atomic E-state index is -0.231. The van der Waals surface area contributed by atoms with Crippen molar-refractivity contribution < 1.29 is 14.4 Å². The average Bonchev–Trinajstić information content (AvgIpc) is 2.64. The van der Waals surface area contributed by atoms with Gasteiger partial charge in [-0.25, -0.2) is 0 Å². The van der Waals surface area contributed by atoms with Crippen molar-refractivity contribution in [3.63, 3.8) is 0 Å². The van der Waals surface area contributed by atoms with Crippen LogP contribution in [-0.2, 0) is 4.79 Å². The Balaban J connectivity index is 1.66. The summed E-state index contributed by atoms with van der Waals surface area (Å²) < 4.78 is 5.58. The van der Waals surface area contributed by atoms with Crippen molar-refractivity contribution in [3.05, 3.63) is 52.0 Å². The topological polar surface area (TPSA) is 46.0 Å². The monoisotopic (exact) mass is 408 g/mol. The van der Waals surface area contributed by atoms with Crippen LogP contribution in [0.1, 0.15) is 5.56 Å². The Kier molecular flexibility index (Phi) is 6.47. The van der Waals surface area contributed by atoms with Gasteiger partial charge in [-0.3, -0.25) is 4.79 Å². The predicted molar refractivity (Wildman–Crippen MR) is 111 cm³/mol. The number of hydrogen-bond donors (Lipinski definition) is 2. The van der Waals surface area contributed by atoms with E-state index in [0.717, 1.165) is 37.4 Å². The highest BCUT2D eigenvalue weighted by Crippen LogP contribution is 2.29. The zero-order valence-corrected chi connectivity index (χ0v) is 17.0. The molecular formula is C20H24Cl2N3O2+. The van der Waals surface area contributed by atoms with Gasteiger partial charge in [-0.15, -0.1) is 0 Å². The third-order valence-electron chi connectivity index (χ3n) is 4.69. The van der Waals surface area contributed by atoms with Gasteiger partial charge in [0.05, 0.1) is 44.6 Å². The number of carbonyl (C=O) groups excluding carboxylic acids is 1. The molecule has 144 valence electrons. The van der Waals surface area contributed by atoms with Crippen molar-refractivity contribution in [2.24, 2.45) is 0 Å². The average molecular weight is 409 g/mol. The summed E-state index contributed by atoms with van der Waals surface area (Å²) >= 11 is 12.2. The van der Waals surface area contributed by atoms with Crippen molar-refractivity contribution in [1.82, 2.24) is 0 Å². The molecule has 2 aromatic rings. The lowest BCUT2D eigenvalue weighted by atomic mass is 10.2. The fourth-order valence-electron chi connectivity index (χ4n) is 3.06. The summed E-state index contributed by atoms with van der Waals surface area (Å²) in [7, 11) is 2.19. The molecule has 0 bridgehead atoms. The number of quaternary nitrogens is 1. The maximum Gasteiger partial charge on any atom is 0.262 e. The third kappa shape index (κ3) is 5.28. The van der Waals surface area contributed by atoms with E-state index >= 15 is 0 Å². The number of rotatable bonds is 5. The lowest BCUT2D eigenvalue weighted by Gasteiger charge is -2.33. The van der Waals surface area contributed by atoms with E-state index in [0.29, 0.717) is 21.5 Å². The molecule has 0 aromatic heterocycles. The molecule has 3 rings (SSSR count). The van der Waals surface area contributed by atoms with Crippen LogP contribution in [-0.4, -0.2) is 45.7 Å². The number of nitrogens with zero attached hydrogens (tertiary/aromatic N) is 1. The molecule has 1 saturated heterocycles. The van der Waals surface area contributed by atoms with E-state index in [4.69, 9.17) is 27.9 Å². The van der Waals surface area contributed by atoms with Crippen LogP contribution in [0.4, 0.5) is 11.4 Å². The van der Waals surface area contributed by atoms with Gasteiger partial charge in [-0.1, -0.05) is 23.2 Å². The number of benzene rings is 2. The number of piperazine rings is 1. The Morgan fingerprint density at radius 1 is 1.19 bits per heavy atom. The summed E-state index contributed by atoms with van der Waals surface area (Å²) in [6, 6.07) is 10.9. The molecule has 0 aliphatic carbocycles. The van der Waals surface area contributed by atoms with Crippen LogP contribution in [0.25, 0.3) is 0 Å². The van der Waals surface area contributed by atoms with E-state index in [1.807, 2.05) is 25.1 Å². The van der Waals surface area contributed by atoms with Gasteiger partial charge in [0, 0.05) is 10.0 Å². The van der Waals surface area contributed by atoms with Gasteiger partial charge >= 0.3 is 0 Å². The number of hydrogen-bond acceptors (Lipinski definition) is 3. The molecule has 5 nitrogen and oxygen atoms in total. The number of aryl methyl sites for hydroxylation is 1. The van der Waals surface area contributed by atoms with Crippen LogP contribution in [0.15, 0.2) is 36.4 Å².